The topological polar surface area (TPSA) is 133 Å². The van der Waals surface area contributed by atoms with Gasteiger partial charge in [0.15, 0.2) is 5.69 Å². The van der Waals surface area contributed by atoms with Crippen molar-refractivity contribution >= 4 is 38.3 Å². The van der Waals surface area contributed by atoms with Crippen LogP contribution >= 0.6 is 0 Å². The van der Waals surface area contributed by atoms with Crippen LogP contribution in [0, 0.1) is 0 Å². The summed E-state index contributed by atoms with van der Waals surface area (Å²) in [7, 11) is 0.571. The van der Waals surface area contributed by atoms with Crippen molar-refractivity contribution < 1.29 is 13.2 Å². The average molecular weight is 466 g/mol. The minimum absolute atomic E-state index is 0.162. The van der Waals surface area contributed by atoms with Crippen LogP contribution in [0.4, 0.5) is 11.5 Å². The molecule has 0 bridgehead atoms. The van der Waals surface area contributed by atoms with E-state index in [1.807, 2.05) is 38.5 Å². The number of benzene rings is 1. The van der Waals surface area contributed by atoms with Crippen LogP contribution in [-0.2, 0) is 16.6 Å². The third-order valence-electron chi connectivity index (χ3n) is 4.72. The van der Waals surface area contributed by atoms with Crippen LogP contribution in [0.5, 0.6) is 0 Å². The molecule has 3 N–H and O–H groups in total. The molecule has 0 aliphatic rings. The van der Waals surface area contributed by atoms with Gasteiger partial charge in [-0.2, -0.15) is 5.10 Å². The number of amides is 1. The van der Waals surface area contributed by atoms with Gasteiger partial charge in [-0.1, -0.05) is 6.07 Å². The first-order valence-electron chi connectivity index (χ1n) is 10.0. The first-order chi connectivity index (χ1) is 15.7. The van der Waals surface area contributed by atoms with E-state index < -0.39 is 15.9 Å². The van der Waals surface area contributed by atoms with Gasteiger partial charge in [0.05, 0.1) is 23.7 Å². The van der Waals surface area contributed by atoms with Gasteiger partial charge in [-0.05, 0) is 55.6 Å². The third kappa shape index (κ3) is 5.51. The van der Waals surface area contributed by atoms with Crippen LogP contribution in [0.3, 0.4) is 0 Å². The van der Waals surface area contributed by atoms with Gasteiger partial charge in [0, 0.05) is 29.9 Å². The number of aromatic nitrogens is 4. The van der Waals surface area contributed by atoms with Crippen molar-refractivity contribution in [3.63, 3.8) is 0 Å². The van der Waals surface area contributed by atoms with E-state index in [1.54, 1.807) is 12.3 Å². The smallest absolute Gasteiger partial charge is 0.276 e. The van der Waals surface area contributed by atoms with E-state index >= 15 is 0 Å². The van der Waals surface area contributed by atoms with Gasteiger partial charge in [0.1, 0.15) is 5.82 Å². The summed E-state index contributed by atoms with van der Waals surface area (Å²) in [5, 5.41) is 10.5. The summed E-state index contributed by atoms with van der Waals surface area (Å²) in [4.78, 5) is 23.3. The van der Waals surface area contributed by atoms with E-state index in [4.69, 9.17) is 0 Å². The quantitative estimate of drug-likeness (QED) is 0.382. The first-order valence-corrected chi connectivity index (χ1v) is 11.9. The Balaban J connectivity index is 1.58. The van der Waals surface area contributed by atoms with Gasteiger partial charge >= 0.3 is 0 Å². The Morgan fingerprint density at radius 3 is 2.58 bits per heavy atom. The Kier molecular flexibility index (Phi) is 6.07. The van der Waals surface area contributed by atoms with Crippen molar-refractivity contribution in [3.05, 3.63) is 66.2 Å². The molecule has 170 valence electrons. The van der Waals surface area contributed by atoms with Crippen LogP contribution < -0.4 is 10.0 Å². The molecule has 0 spiro atoms. The number of hydrogen-bond donors (Lipinski definition) is 3. The lowest BCUT2D eigenvalue weighted by Crippen LogP contribution is -2.14. The maximum Gasteiger partial charge on any atom is 0.276 e. The van der Waals surface area contributed by atoms with E-state index in [0.29, 0.717) is 11.1 Å². The maximum atomic E-state index is 12.9. The maximum absolute atomic E-state index is 12.9. The van der Waals surface area contributed by atoms with Crippen molar-refractivity contribution in [1.29, 1.82) is 0 Å². The molecule has 1 aromatic carbocycles. The summed E-state index contributed by atoms with van der Waals surface area (Å²) in [5.41, 5.74) is 4.33. The molecule has 0 aliphatic heterocycles. The van der Waals surface area contributed by atoms with E-state index in [9.17, 15) is 13.2 Å². The zero-order chi connectivity index (χ0) is 23.6. The molecule has 11 heteroatoms. The molecule has 3 aromatic heterocycles. The summed E-state index contributed by atoms with van der Waals surface area (Å²) >= 11 is 0. The normalized spacial score (nSPS) is 11.6. The molecule has 10 nitrogen and oxygen atoms in total. The molecule has 0 fully saturated rings. The van der Waals surface area contributed by atoms with Gasteiger partial charge in [0.2, 0.25) is 10.0 Å². The van der Waals surface area contributed by atoms with E-state index in [-0.39, 0.29) is 11.5 Å². The number of sulfonamides is 1. The zero-order valence-electron chi connectivity index (χ0n) is 18.3. The molecular weight excluding hydrogens is 442 g/mol. The van der Waals surface area contributed by atoms with Gasteiger partial charge in [0.25, 0.3) is 5.91 Å². The van der Waals surface area contributed by atoms with Crippen LogP contribution in [-0.4, -0.2) is 59.7 Å². The Bertz CT molecular complexity index is 1410. The number of nitrogens with zero attached hydrogens (tertiary/aromatic N) is 4. The highest BCUT2D eigenvalue weighted by Gasteiger charge is 2.16. The molecule has 4 aromatic rings. The minimum atomic E-state index is -3.43. The molecule has 33 heavy (non-hydrogen) atoms. The van der Waals surface area contributed by atoms with Gasteiger partial charge in [-0.25, -0.2) is 13.4 Å². The fourth-order valence-electron chi connectivity index (χ4n) is 3.37. The highest BCUT2D eigenvalue weighted by Crippen LogP contribution is 2.26. The Labute approximate surface area is 191 Å². The van der Waals surface area contributed by atoms with Crippen molar-refractivity contribution in [1.82, 2.24) is 25.1 Å². The SMILES string of the molecule is CN(C)Cc1cncc(-c2ccc3[nH]nc(C(=O)Nc4ccc(NS(C)(=O)=O)nc4)c3c2)c1. The first kappa shape index (κ1) is 22.4. The monoisotopic (exact) mass is 465 g/mol. The fourth-order valence-corrected chi connectivity index (χ4v) is 3.87. The number of H-pyrrole nitrogens is 1. The number of carbonyl (C=O) groups is 1. The molecular formula is C22H23N7O3S. The predicted molar refractivity (Wildman–Crippen MR) is 127 cm³/mol. The highest BCUT2D eigenvalue weighted by atomic mass is 32.2. The molecule has 0 unspecified atom stereocenters. The fraction of sp³-hybridized carbons (Fsp3) is 0.182. The predicted octanol–water partition coefficient (Wildman–Crippen LogP) is 2.71. The average Bonchev–Trinajstić information content (AvgIpc) is 3.17. The number of anilines is 2. The molecule has 3 heterocycles. The van der Waals surface area contributed by atoms with Gasteiger partial charge in [-0.15, -0.1) is 0 Å². The number of aromatic amines is 1. The van der Waals surface area contributed by atoms with Crippen molar-refractivity contribution in [2.45, 2.75) is 6.54 Å². The minimum Gasteiger partial charge on any atom is -0.319 e. The number of rotatable bonds is 7. The summed E-state index contributed by atoms with van der Waals surface area (Å²) in [5.74, 6) is -0.251. The lowest BCUT2D eigenvalue weighted by Gasteiger charge is -2.10. The second-order valence-corrected chi connectivity index (χ2v) is 9.66. The lowest BCUT2D eigenvalue weighted by molar-refractivity contribution is 0.102. The Morgan fingerprint density at radius 1 is 1.06 bits per heavy atom. The van der Waals surface area contributed by atoms with Crippen molar-refractivity contribution in [2.75, 3.05) is 30.4 Å². The molecule has 1 amide bonds. The molecule has 4 rings (SSSR count). The Hall–Kier alpha value is -3.83. The van der Waals surface area contributed by atoms with Crippen LogP contribution in [0.2, 0.25) is 0 Å². The van der Waals surface area contributed by atoms with E-state index in [0.717, 1.165) is 35.0 Å². The van der Waals surface area contributed by atoms with E-state index in [2.05, 4.69) is 41.2 Å². The summed E-state index contributed by atoms with van der Waals surface area (Å²) in [6, 6.07) is 10.8. The summed E-state index contributed by atoms with van der Waals surface area (Å²) in [6.45, 7) is 0.773. The molecule has 0 saturated carbocycles. The number of hydrogen-bond acceptors (Lipinski definition) is 7. The second kappa shape index (κ2) is 8.96. The molecule has 0 radical (unpaired) electrons. The zero-order valence-corrected chi connectivity index (χ0v) is 19.1. The third-order valence-corrected chi connectivity index (χ3v) is 5.30. The van der Waals surface area contributed by atoms with Crippen LogP contribution in [0.15, 0.2) is 55.0 Å². The largest absolute Gasteiger partial charge is 0.319 e. The highest BCUT2D eigenvalue weighted by molar-refractivity contribution is 7.92. The standard InChI is InChI=1S/C22H23N7O3S/c1-29(2)13-14-8-16(11-23-10-14)15-4-6-19-18(9-15)21(27-26-19)22(30)25-17-5-7-20(24-12-17)28-33(3,31)32/h4-12H,13H2,1-3H3,(H,24,28)(H,25,30)(H,26,27). The van der Waals surface area contributed by atoms with Gasteiger partial charge < -0.3 is 10.2 Å². The second-order valence-electron chi connectivity index (χ2n) is 7.91. The van der Waals surface area contributed by atoms with Crippen molar-refractivity contribution in [2.24, 2.45) is 0 Å². The van der Waals surface area contributed by atoms with Crippen LogP contribution in [0.25, 0.3) is 22.0 Å². The van der Waals surface area contributed by atoms with E-state index in [1.165, 1.54) is 12.3 Å². The van der Waals surface area contributed by atoms with Gasteiger partial charge in [-0.3, -0.25) is 19.6 Å². The van der Waals surface area contributed by atoms with Crippen molar-refractivity contribution in [3.8, 4) is 11.1 Å². The lowest BCUT2D eigenvalue weighted by atomic mass is 10.0. The number of nitrogens with one attached hydrogen (secondary N) is 3. The van der Waals surface area contributed by atoms with Crippen LogP contribution in [0.1, 0.15) is 16.1 Å². The summed E-state index contributed by atoms with van der Waals surface area (Å²) < 4.78 is 24.9. The number of carbonyl (C=O) groups excluding carboxylic acids is 1. The molecule has 0 saturated heterocycles. The molecule has 0 atom stereocenters. The summed E-state index contributed by atoms with van der Waals surface area (Å²) in [6.07, 6.45) is 6.03. The molecule has 0 aliphatic carbocycles. The number of pyridine rings is 2. The number of fused-ring (bicyclic) bond motifs is 1. The Morgan fingerprint density at radius 2 is 1.88 bits per heavy atom.